The molecule has 1 N–H and O–H groups in total. The van der Waals surface area contributed by atoms with Crippen LogP contribution in [0.4, 0.5) is 0 Å². The number of hydrogen-bond acceptors (Lipinski definition) is 7. The lowest BCUT2D eigenvalue weighted by Gasteiger charge is -2.12. The number of carbonyl (C=O) groups is 1. The van der Waals surface area contributed by atoms with Gasteiger partial charge in [0.1, 0.15) is 16.3 Å². The van der Waals surface area contributed by atoms with Gasteiger partial charge >= 0.3 is 0 Å². The van der Waals surface area contributed by atoms with Gasteiger partial charge < -0.3 is 4.74 Å². The topological polar surface area (TPSA) is 121 Å². The molecule has 1 amide bonds. The average Bonchev–Trinajstić information content (AvgIpc) is 3.60. The van der Waals surface area contributed by atoms with E-state index in [4.69, 9.17) is 4.74 Å². The second-order valence-electron chi connectivity index (χ2n) is 8.57. The van der Waals surface area contributed by atoms with Gasteiger partial charge in [-0.15, -0.1) is 0 Å². The minimum absolute atomic E-state index is 0.0421. The molecule has 11 heteroatoms. The predicted octanol–water partition coefficient (Wildman–Crippen LogP) is 3.99. The molecular weight excluding hydrogens is 492 g/mol. The fourth-order valence-corrected chi connectivity index (χ4v) is 5.09. The zero-order chi connectivity index (χ0) is 26.2. The first-order valence-corrected chi connectivity index (χ1v) is 13.0. The van der Waals surface area contributed by atoms with E-state index in [1.807, 2.05) is 26.1 Å². The van der Waals surface area contributed by atoms with Crippen molar-refractivity contribution in [2.24, 2.45) is 0 Å². The van der Waals surface area contributed by atoms with Gasteiger partial charge in [-0.05, 0) is 68.4 Å². The van der Waals surface area contributed by atoms with Crippen LogP contribution < -0.4 is 9.46 Å². The number of ether oxygens (including phenoxy) is 1. The van der Waals surface area contributed by atoms with E-state index in [1.54, 1.807) is 58.2 Å². The monoisotopic (exact) mass is 516 g/mol. The molecule has 0 spiro atoms. The zero-order valence-electron chi connectivity index (χ0n) is 20.4. The van der Waals surface area contributed by atoms with Gasteiger partial charge in [-0.25, -0.2) is 22.8 Å². The van der Waals surface area contributed by atoms with Crippen LogP contribution >= 0.6 is 0 Å². The maximum absolute atomic E-state index is 13.3. The summed E-state index contributed by atoms with van der Waals surface area (Å²) >= 11 is 0. The first-order valence-electron chi connectivity index (χ1n) is 11.5. The van der Waals surface area contributed by atoms with Crippen molar-refractivity contribution < 1.29 is 17.9 Å². The van der Waals surface area contributed by atoms with Gasteiger partial charge in [-0.3, -0.25) is 9.48 Å². The lowest BCUT2D eigenvalue weighted by atomic mass is 10.1. The Bertz CT molecular complexity index is 1710. The summed E-state index contributed by atoms with van der Waals surface area (Å²) in [5.41, 5.74) is 2.44. The fourth-order valence-electron chi connectivity index (χ4n) is 3.93. The molecule has 5 aromatic rings. The van der Waals surface area contributed by atoms with Gasteiger partial charge in [0.2, 0.25) is 0 Å². The molecule has 0 bridgehead atoms. The highest BCUT2D eigenvalue weighted by atomic mass is 32.2. The van der Waals surface area contributed by atoms with E-state index >= 15 is 0 Å². The number of hydrogen-bond donors (Lipinski definition) is 1. The third-order valence-corrected chi connectivity index (χ3v) is 7.16. The summed E-state index contributed by atoms with van der Waals surface area (Å²) in [5, 5.41) is 9.51. The Morgan fingerprint density at radius 3 is 2.57 bits per heavy atom. The zero-order valence-corrected chi connectivity index (χ0v) is 21.2. The third kappa shape index (κ3) is 4.68. The molecule has 0 saturated heterocycles. The van der Waals surface area contributed by atoms with Gasteiger partial charge in [0.05, 0.1) is 24.0 Å². The van der Waals surface area contributed by atoms with E-state index in [-0.39, 0.29) is 22.4 Å². The minimum Gasteiger partial charge on any atom is -0.495 e. The number of fused-ring (bicyclic) bond motifs is 1. The second kappa shape index (κ2) is 9.51. The van der Waals surface area contributed by atoms with Crippen molar-refractivity contribution in [3.63, 3.8) is 0 Å². The molecule has 10 nitrogen and oxygen atoms in total. The largest absolute Gasteiger partial charge is 0.495 e. The molecule has 37 heavy (non-hydrogen) atoms. The summed E-state index contributed by atoms with van der Waals surface area (Å²) in [6.45, 7) is 3.99. The number of sulfonamides is 1. The second-order valence-corrected chi connectivity index (χ2v) is 10.2. The number of aromatic nitrogens is 5. The van der Waals surface area contributed by atoms with Crippen molar-refractivity contribution >= 4 is 26.8 Å². The van der Waals surface area contributed by atoms with Crippen LogP contribution in [0.1, 0.15) is 30.4 Å². The number of methoxy groups -OCH3 is 1. The van der Waals surface area contributed by atoms with Gasteiger partial charge in [-0.1, -0.05) is 6.07 Å². The number of pyridine rings is 1. The van der Waals surface area contributed by atoms with Crippen LogP contribution in [0.3, 0.4) is 0 Å². The molecule has 0 atom stereocenters. The number of amides is 1. The molecule has 0 unspecified atom stereocenters. The van der Waals surface area contributed by atoms with E-state index in [1.165, 1.54) is 25.3 Å². The summed E-state index contributed by atoms with van der Waals surface area (Å²) in [6, 6.07) is 17.1. The van der Waals surface area contributed by atoms with Crippen LogP contribution in [0.2, 0.25) is 0 Å². The van der Waals surface area contributed by atoms with Crippen molar-refractivity contribution in [3.8, 4) is 22.7 Å². The van der Waals surface area contributed by atoms with E-state index in [0.717, 1.165) is 11.1 Å². The maximum atomic E-state index is 13.3. The Morgan fingerprint density at radius 2 is 1.86 bits per heavy atom. The molecule has 0 saturated carbocycles. The highest BCUT2D eigenvalue weighted by Crippen LogP contribution is 2.30. The highest BCUT2D eigenvalue weighted by Gasteiger charge is 2.25. The first-order chi connectivity index (χ1) is 17.8. The number of nitrogens with zero attached hydrogens (tertiary/aromatic N) is 5. The highest BCUT2D eigenvalue weighted by molar-refractivity contribution is 7.90. The van der Waals surface area contributed by atoms with Gasteiger partial charge in [0.15, 0.2) is 0 Å². The lowest BCUT2D eigenvalue weighted by Crippen LogP contribution is -2.31. The van der Waals surface area contributed by atoms with Crippen LogP contribution in [0, 0.1) is 0 Å². The number of benzene rings is 2. The maximum Gasteiger partial charge on any atom is 0.283 e. The van der Waals surface area contributed by atoms with Crippen molar-refractivity contribution in [2.45, 2.75) is 24.8 Å². The molecule has 0 fully saturated rings. The Labute approximate surface area is 213 Å². The molecular formula is C26H24N6O4S. The summed E-state index contributed by atoms with van der Waals surface area (Å²) < 4.78 is 37.4. The van der Waals surface area contributed by atoms with E-state index < -0.39 is 15.9 Å². The Hall–Kier alpha value is -4.51. The molecule has 3 heterocycles. The summed E-state index contributed by atoms with van der Waals surface area (Å²) in [5.74, 6) is -0.759. The van der Waals surface area contributed by atoms with Crippen LogP contribution in [-0.2, 0) is 10.0 Å². The lowest BCUT2D eigenvalue weighted by molar-refractivity contribution is 0.0977. The smallest absolute Gasteiger partial charge is 0.283 e. The fraction of sp³-hybridized carbons (Fsp3) is 0.154. The summed E-state index contributed by atoms with van der Waals surface area (Å²) in [7, 11) is -2.93. The number of rotatable bonds is 7. The molecule has 188 valence electrons. The first kappa shape index (κ1) is 24.2. The van der Waals surface area contributed by atoms with Crippen molar-refractivity contribution in [2.75, 3.05) is 7.11 Å². The van der Waals surface area contributed by atoms with Crippen molar-refractivity contribution in [3.05, 3.63) is 84.9 Å². The summed E-state index contributed by atoms with van der Waals surface area (Å²) in [6.07, 6.45) is 5.29. The van der Waals surface area contributed by atoms with Crippen LogP contribution in [0.5, 0.6) is 5.75 Å². The van der Waals surface area contributed by atoms with Crippen LogP contribution in [0.15, 0.2) is 84.1 Å². The van der Waals surface area contributed by atoms with E-state index in [2.05, 4.69) is 19.9 Å². The SMILES string of the molecule is COc1ccc(-c2ccn(C(C)C)n2)cc1S(=O)(=O)NC(=O)c1ccc2c(-n3cccn3)cccc2n1. The average molecular weight is 517 g/mol. The van der Waals surface area contributed by atoms with E-state index in [9.17, 15) is 13.2 Å². The Morgan fingerprint density at radius 1 is 1.03 bits per heavy atom. The van der Waals surface area contributed by atoms with Crippen LogP contribution in [0.25, 0.3) is 27.8 Å². The normalized spacial score (nSPS) is 11.7. The molecule has 0 radical (unpaired) electrons. The summed E-state index contributed by atoms with van der Waals surface area (Å²) in [4.78, 5) is 17.2. The minimum atomic E-state index is -4.30. The van der Waals surface area contributed by atoms with E-state index in [0.29, 0.717) is 16.8 Å². The molecule has 0 aliphatic carbocycles. The Balaban J connectivity index is 1.46. The van der Waals surface area contributed by atoms with Crippen molar-refractivity contribution in [1.82, 2.24) is 29.3 Å². The van der Waals surface area contributed by atoms with Crippen LogP contribution in [-0.4, -0.2) is 46.0 Å². The molecule has 0 aliphatic heterocycles. The molecule has 0 aliphatic rings. The van der Waals surface area contributed by atoms with Crippen molar-refractivity contribution in [1.29, 1.82) is 0 Å². The van der Waals surface area contributed by atoms with Gasteiger partial charge in [0.25, 0.3) is 15.9 Å². The number of nitrogens with one attached hydrogen (secondary N) is 1. The molecule has 5 rings (SSSR count). The Kier molecular flexibility index (Phi) is 6.22. The predicted molar refractivity (Wildman–Crippen MR) is 138 cm³/mol. The standard InChI is InChI=1S/C26H24N6O4S/c1-17(2)31-15-12-20(29-31)18-8-11-24(36-3)25(16-18)37(34,35)30-26(33)22-10-9-19-21(28-22)6-4-7-23(19)32-14-5-13-27-32/h4-17H,1-3H3,(H,30,33). The third-order valence-electron chi connectivity index (χ3n) is 5.81. The quantitative estimate of drug-likeness (QED) is 0.347. The molecule has 2 aromatic carbocycles. The van der Waals surface area contributed by atoms with Gasteiger partial charge in [0, 0.05) is 35.6 Å². The number of carbonyl (C=O) groups excluding carboxylic acids is 1. The molecule has 3 aromatic heterocycles. The van der Waals surface area contributed by atoms with Gasteiger partial charge in [-0.2, -0.15) is 10.2 Å².